The maximum absolute atomic E-state index is 13.6. The van der Waals surface area contributed by atoms with E-state index in [1.165, 1.54) is 68.9 Å². The van der Waals surface area contributed by atoms with E-state index in [0.29, 0.717) is 22.6 Å². The number of anilines is 2. The van der Waals surface area contributed by atoms with Crippen molar-refractivity contribution in [2.75, 3.05) is 43.5 Å². The van der Waals surface area contributed by atoms with Gasteiger partial charge in [-0.3, -0.25) is 15.0 Å². The first-order chi connectivity index (χ1) is 17.1. The van der Waals surface area contributed by atoms with Gasteiger partial charge in [0.2, 0.25) is 5.88 Å². The molecule has 1 saturated carbocycles. The van der Waals surface area contributed by atoms with Crippen LogP contribution in [0.25, 0.3) is 11.3 Å². The van der Waals surface area contributed by atoms with E-state index in [2.05, 4.69) is 20.1 Å². The summed E-state index contributed by atoms with van der Waals surface area (Å²) in [5.41, 5.74) is 2.04. The molecule has 3 heterocycles. The zero-order valence-electron chi connectivity index (χ0n) is 19.9. The normalized spacial score (nSPS) is 17.4. The van der Waals surface area contributed by atoms with Crippen LogP contribution in [0, 0.1) is 5.82 Å². The number of halogens is 1. The molecule has 2 aliphatic rings. The van der Waals surface area contributed by atoms with Gasteiger partial charge in [-0.05, 0) is 43.2 Å². The highest BCUT2D eigenvalue weighted by atomic mass is 32.1. The number of hydrogen-bond acceptors (Lipinski definition) is 7. The summed E-state index contributed by atoms with van der Waals surface area (Å²) >= 11 is 1.46. The molecule has 3 aromatic rings. The second kappa shape index (κ2) is 10.7. The van der Waals surface area contributed by atoms with Gasteiger partial charge in [-0.1, -0.05) is 30.6 Å². The minimum absolute atomic E-state index is 0.279. The van der Waals surface area contributed by atoms with Crippen LogP contribution in [-0.2, 0) is 0 Å². The fourth-order valence-corrected chi connectivity index (χ4v) is 5.98. The second-order valence-electron chi connectivity index (χ2n) is 9.04. The van der Waals surface area contributed by atoms with Gasteiger partial charge in [0.15, 0.2) is 5.13 Å². The number of methoxy groups -OCH3 is 1. The number of nitrogens with zero attached hydrogens (tertiary/aromatic N) is 4. The van der Waals surface area contributed by atoms with Crippen molar-refractivity contribution >= 4 is 27.4 Å². The highest BCUT2D eigenvalue weighted by Crippen LogP contribution is 2.39. The van der Waals surface area contributed by atoms with Crippen LogP contribution < -0.4 is 15.0 Å². The summed E-state index contributed by atoms with van der Waals surface area (Å²) in [6.45, 7) is 3.84. The van der Waals surface area contributed by atoms with Crippen molar-refractivity contribution < 1.29 is 13.9 Å². The molecule has 1 aliphatic heterocycles. The summed E-state index contributed by atoms with van der Waals surface area (Å²) in [6.07, 6.45) is 8.17. The zero-order valence-corrected chi connectivity index (χ0v) is 20.7. The van der Waals surface area contributed by atoms with Crippen LogP contribution in [0.5, 0.6) is 5.88 Å². The highest BCUT2D eigenvalue weighted by Gasteiger charge is 2.28. The molecule has 35 heavy (non-hydrogen) atoms. The smallest absolute Gasteiger partial charge is 0.257 e. The number of amides is 1. The third kappa shape index (κ3) is 5.46. The number of carbonyl (C=O) groups is 1. The topological polar surface area (TPSA) is 70.6 Å². The van der Waals surface area contributed by atoms with Crippen LogP contribution >= 0.6 is 11.3 Å². The average Bonchev–Trinajstić information content (AvgIpc) is 3.33. The fraction of sp³-hybridized carbons (Fsp3) is 0.423. The molecule has 1 N–H and O–H groups in total. The van der Waals surface area contributed by atoms with E-state index in [9.17, 15) is 9.18 Å². The summed E-state index contributed by atoms with van der Waals surface area (Å²) in [4.78, 5) is 26.7. The molecule has 9 heteroatoms. The van der Waals surface area contributed by atoms with Crippen molar-refractivity contribution in [1.82, 2.24) is 14.9 Å². The van der Waals surface area contributed by atoms with E-state index in [1.807, 2.05) is 0 Å². The first-order valence-electron chi connectivity index (χ1n) is 12.2. The number of ether oxygens (including phenoxy) is 1. The fourth-order valence-electron chi connectivity index (χ4n) is 4.94. The Morgan fingerprint density at radius 1 is 1.09 bits per heavy atom. The number of pyridine rings is 1. The molecule has 7 nitrogen and oxygen atoms in total. The monoisotopic (exact) mass is 495 g/mol. The number of benzene rings is 1. The van der Waals surface area contributed by atoms with Crippen molar-refractivity contribution in [1.29, 1.82) is 0 Å². The van der Waals surface area contributed by atoms with Gasteiger partial charge in [0.05, 0.1) is 7.11 Å². The van der Waals surface area contributed by atoms with E-state index in [4.69, 9.17) is 9.72 Å². The summed E-state index contributed by atoms with van der Waals surface area (Å²) < 4.78 is 18.7. The van der Waals surface area contributed by atoms with Crippen LogP contribution in [0.2, 0.25) is 0 Å². The number of carbonyl (C=O) groups excluding carboxylic acids is 1. The lowest BCUT2D eigenvalue weighted by Crippen LogP contribution is -2.50. The van der Waals surface area contributed by atoms with Gasteiger partial charge in [-0.2, -0.15) is 0 Å². The molecular weight excluding hydrogens is 465 g/mol. The Labute approximate surface area is 209 Å². The largest absolute Gasteiger partial charge is 0.481 e. The summed E-state index contributed by atoms with van der Waals surface area (Å²) in [6, 6.07) is 10.3. The minimum Gasteiger partial charge on any atom is -0.481 e. The van der Waals surface area contributed by atoms with E-state index >= 15 is 0 Å². The van der Waals surface area contributed by atoms with E-state index in [1.54, 1.807) is 24.3 Å². The Kier molecular flexibility index (Phi) is 7.24. The van der Waals surface area contributed by atoms with Crippen molar-refractivity contribution in [3.8, 4) is 17.1 Å². The minimum atomic E-state index is -0.285. The molecule has 184 valence electrons. The molecule has 0 radical (unpaired) electrons. The maximum Gasteiger partial charge on any atom is 0.257 e. The Morgan fingerprint density at radius 3 is 2.54 bits per heavy atom. The Balaban J connectivity index is 1.37. The number of nitrogens with one attached hydrogen (secondary N) is 1. The highest BCUT2D eigenvalue weighted by molar-refractivity contribution is 7.20. The van der Waals surface area contributed by atoms with Crippen LogP contribution in [-0.4, -0.2) is 60.1 Å². The Hall–Kier alpha value is -3.04. The predicted octanol–water partition coefficient (Wildman–Crippen LogP) is 5.06. The third-order valence-electron chi connectivity index (χ3n) is 6.85. The van der Waals surface area contributed by atoms with Gasteiger partial charge in [0.1, 0.15) is 16.5 Å². The van der Waals surface area contributed by atoms with Crippen LogP contribution in [0.4, 0.5) is 14.5 Å². The SMILES string of the molecule is COc1cc(C(=O)Nc2nc(-c3ccc(F)cc3)c(N3CCN(C4CCCCC4)CC3)s2)ccn1. The first kappa shape index (κ1) is 23.7. The third-order valence-corrected chi connectivity index (χ3v) is 7.88. The number of thiazole rings is 1. The molecule has 0 atom stereocenters. The lowest BCUT2D eigenvalue weighted by Gasteiger charge is -2.41. The van der Waals surface area contributed by atoms with Crippen LogP contribution in [0.3, 0.4) is 0 Å². The van der Waals surface area contributed by atoms with Crippen molar-refractivity contribution in [2.45, 2.75) is 38.1 Å². The molecular formula is C26H30FN5O2S. The van der Waals surface area contributed by atoms with E-state index in [0.717, 1.165) is 42.4 Å². The van der Waals surface area contributed by atoms with Gasteiger partial charge in [0.25, 0.3) is 5.91 Å². The molecule has 1 saturated heterocycles. The van der Waals surface area contributed by atoms with E-state index < -0.39 is 0 Å². The Bertz CT molecular complexity index is 1150. The summed E-state index contributed by atoms with van der Waals surface area (Å²) in [7, 11) is 1.51. The van der Waals surface area contributed by atoms with Gasteiger partial charge >= 0.3 is 0 Å². The van der Waals surface area contributed by atoms with Gasteiger partial charge in [-0.25, -0.2) is 14.4 Å². The molecule has 1 aromatic carbocycles. The number of piperazine rings is 1. The predicted molar refractivity (Wildman–Crippen MR) is 137 cm³/mol. The molecule has 0 spiro atoms. The standard InChI is InChI=1S/C26H30FN5O2S/c1-34-22-17-19(11-12-28-22)24(33)30-26-29-23(18-7-9-20(27)10-8-18)25(35-26)32-15-13-31(14-16-32)21-5-3-2-4-6-21/h7-12,17,21H,2-6,13-16H2,1H3,(H,29,30,33). The lowest BCUT2D eigenvalue weighted by atomic mass is 9.94. The number of aromatic nitrogens is 2. The van der Waals surface area contributed by atoms with Crippen molar-refractivity contribution in [3.05, 3.63) is 54.0 Å². The molecule has 0 bridgehead atoms. The molecule has 2 aromatic heterocycles. The molecule has 5 rings (SSSR count). The molecule has 2 fully saturated rings. The van der Waals surface area contributed by atoms with E-state index in [-0.39, 0.29) is 11.7 Å². The van der Waals surface area contributed by atoms with Gasteiger partial charge in [0, 0.05) is 55.6 Å². The second-order valence-corrected chi connectivity index (χ2v) is 10.0. The van der Waals surface area contributed by atoms with Crippen molar-refractivity contribution in [2.24, 2.45) is 0 Å². The molecule has 0 unspecified atom stereocenters. The lowest BCUT2D eigenvalue weighted by molar-refractivity contribution is 0.102. The average molecular weight is 496 g/mol. The molecule has 1 aliphatic carbocycles. The quantitative estimate of drug-likeness (QED) is 0.516. The summed E-state index contributed by atoms with van der Waals surface area (Å²) in [5, 5.41) is 4.44. The number of hydrogen-bond donors (Lipinski definition) is 1. The number of rotatable bonds is 6. The Morgan fingerprint density at radius 2 is 1.83 bits per heavy atom. The van der Waals surface area contributed by atoms with Crippen LogP contribution in [0.15, 0.2) is 42.6 Å². The summed E-state index contributed by atoms with van der Waals surface area (Å²) in [5.74, 6) is -0.189. The van der Waals surface area contributed by atoms with Crippen LogP contribution in [0.1, 0.15) is 42.5 Å². The molecule has 1 amide bonds. The van der Waals surface area contributed by atoms with Gasteiger partial charge < -0.3 is 9.64 Å². The maximum atomic E-state index is 13.6. The van der Waals surface area contributed by atoms with Gasteiger partial charge in [-0.15, -0.1) is 0 Å². The zero-order chi connectivity index (χ0) is 24.2. The van der Waals surface area contributed by atoms with Crippen molar-refractivity contribution in [3.63, 3.8) is 0 Å². The first-order valence-corrected chi connectivity index (χ1v) is 13.0.